The summed E-state index contributed by atoms with van der Waals surface area (Å²) >= 11 is 0. The molecule has 2 aromatic heterocycles. The predicted octanol–water partition coefficient (Wildman–Crippen LogP) is 0.972. The van der Waals surface area contributed by atoms with Crippen molar-refractivity contribution in [3.63, 3.8) is 0 Å². The summed E-state index contributed by atoms with van der Waals surface area (Å²) in [7, 11) is 0. The highest BCUT2D eigenvalue weighted by atomic mass is 16.1. The summed E-state index contributed by atoms with van der Waals surface area (Å²) in [6, 6.07) is 5.64. The average molecular weight is 230 g/mol. The summed E-state index contributed by atoms with van der Waals surface area (Å²) in [5.74, 6) is -0.0404. The Morgan fingerprint density at radius 2 is 2.29 bits per heavy atom. The van der Waals surface area contributed by atoms with Crippen molar-refractivity contribution in [1.29, 1.82) is 0 Å². The molecule has 0 aliphatic rings. The lowest BCUT2D eigenvalue weighted by Crippen LogP contribution is -2.25. The molecule has 88 valence electrons. The first-order valence-electron chi connectivity index (χ1n) is 5.41. The molecule has 0 atom stereocenters. The van der Waals surface area contributed by atoms with Gasteiger partial charge in [-0.2, -0.15) is 5.10 Å². The SMILES string of the molecule is Cc1cccnc1CC(=O)NCc1ccn[nH]1. The molecule has 0 fully saturated rings. The van der Waals surface area contributed by atoms with Gasteiger partial charge < -0.3 is 5.32 Å². The van der Waals surface area contributed by atoms with Gasteiger partial charge in [-0.15, -0.1) is 0 Å². The highest BCUT2D eigenvalue weighted by Crippen LogP contribution is 2.03. The van der Waals surface area contributed by atoms with Crippen molar-refractivity contribution in [2.75, 3.05) is 0 Å². The molecular weight excluding hydrogens is 216 g/mol. The fourth-order valence-corrected chi connectivity index (χ4v) is 1.49. The predicted molar refractivity (Wildman–Crippen MR) is 63.1 cm³/mol. The summed E-state index contributed by atoms with van der Waals surface area (Å²) in [6.45, 7) is 2.41. The van der Waals surface area contributed by atoms with Crippen LogP contribution in [-0.4, -0.2) is 21.1 Å². The fourth-order valence-electron chi connectivity index (χ4n) is 1.49. The summed E-state index contributed by atoms with van der Waals surface area (Å²) in [4.78, 5) is 15.9. The number of nitrogens with one attached hydrogen (secondary N) is 2. The summed E-state index contributed by atoms with van der Waals surface area (Å²) in [6.07, 6.45) is 3.66. The third kappa shape index (κ3) is 3.14. The van der Waals surface area contributed by atoms with Gasteiger partial charge in [0.1, 0.15) is 0 Å². The van der Waals surface area contributed by atoms with Gasteiger partial charge in [-0.1, -0.05) is 6.07 Å². The number of hydrogen-bond donors (Lipinski definition) is 2. The molecule has 0 aliphatic carbocycles. The third-order valence-electron chi connectivity index (χ3n) is 2.48. The quantitative estimate of drug-likeness (QED) is 0.822. The van der Waals surface area contributed by atoms with Gasteiger partial charge in [-0.05, 0) is 24.6 Å². The average Bonchev–Trinajstić information content (AvgIpc) is 2.82. The van der Waals surface area contributed by atoms with E-state index in [9.17, 15) is 4.79 Å². The Bertz CT molecular complexity index is 493. The maximum absolute atomic E-state index is 11.7. The Hall–Kier alpha value is -2.17. The van der Waals surface area contributed by atoms with Crippen LogP contribution in [0.2, 0.25) is 0 Å². The zero-order valence-electron chi connectivity index (χ0n) is 9.60. The first-order valence-corrected chi connectivity index (χ1v) is 5.41. The van der Waals surface area contributed by atoms with Crippen LogP contribution in [0.25, 0.3) is 0 Å². The molecule has 0 aliphatic heterocycles. The molecule has 2 N–H and O–H groups in total. The van der Waals surface area contributed by atoms with Crippen molar-refractivity contribution in [2.24, 2.45) is 0 Å². The lowest BCUT2D eigenvalue weighted by molar-refractivity contribution is -0.120. The van der Waals surface area contributed by atoms with E-state index in [1.54, 1.807) is 12.4 Å². The molecule has 1 amide bonds. The lowest BCUT2D eigenvalue weighted by atomic mass is 10.1. The molecule has 5 heteroatoms. The maximum Gasteiger partial charge on any atom is 0.226 e. The number of carbonyl (C=O) groups is 1. The first-order chi connectivity index (χ1) is 8.25. The summed E-state index contributed by atoms with van der Waals surface area (Å²) < 4.78 is 0. The minimum atomic E-state index is -0.0404. The van der Waals surface area contributed by atoms with Crippen molar-refractivity contribution in [3.8, 4) is 0 Å². The van der Waals surface area contributed by atoms with Gasteiger partial charge in [0.25, 0.3) is 0 Å². The number of aromatic amines is 1. The van der Waals surface area contributed by atoms with Crippen molar-refractivity contribution < 1.29 is 4.79 Å². The highest BCUT2D eigenvalue weighted by Gasteiger charge is 2.06. The topological polar surface area (TPSA) is 70.7 Å². The van der Waals surface area contributed by atoms with Crippen LogP contribution in [0, 0.1) is 6.92 Å². The minimum Gasteiger partial charge on any atom is -0.350 e. The van der Waals surface area contributed by atoms with Crippen molar-refractivity contribution in [2.45, 2.75) is 19.9 Å². The normalized spacial score (nSPS) is 10.2. The zero-order valence-corrected chi connectivity index (χ0v) is 9.60. The monoisotopic (exact) mass is 230 g/mol. The summed E-state index contributed by atoms with van der Waals surface area (Å²) in [5.41, 5.74) is 2.73. The van der Waals surface area contributed by atoms with E-state index in [1.165, 1.54) is 0 Å². The molecule has 0 aromatic carbocycles. The molecule has 2 rings (SSSR count). The van der Waals surface area contributed by atoms with E-state index < -0.39 is 0 Å². The van der Waals surface area contributed by atoms with Crippen molar-refractivity contribution >= 4 is 5.91 Å². The van der Waals surface area contributed by atoms with Crippen molar-refractivity contribution in [3.05, 3.63) is 47.5 Å². The maximum atomic E-state index is 11.7. The van der Waals surface area contributed by atoms with E-state index in [4.69, 9.17) is 0 Å². The van der Waals surface area contributed by atoms with Gasteiger partial charge in [0.15, 0.2) is 0 Å². The summed E-state index contributed by atoms with van der Waals surface area (Å²) in [5, 5.41) is 9.41. The zero-order chi connectivity index (χ0) is 12.1. The van der Waals surface area contributed by atoms with Gasteiger partial charge in [-0.25, -0.2) is 0 Å². The van der Waals surface area contributed by atoms with Crippen LogP contribution in [0.3, 0.4) is 0 Å². The lowest BCUT2D eigenvalue weighted by Gasteiger charge is -2.05. The molecule has 0 saturated heterocycles. The molecule has 2 heterocycles. The molecule has 2 aromatic rings. The molecular formula is C12H14N4O. The number of carbonyl (C=O) groups excluding carboxylic acids is 1. The smallest absolute Gasteiger partial charge is 0.226 e. The minimum absolute atomic E-state index is 0.0404. The van der Waals surface area contributed by atoms with Gasteiger partial charge in [-0.3, -0.25) is 14.9 Å². The number of hydrogen-bond acceptors (Lipinski definition) is 3. The van der Waals surface area contributed by atoms with E-state index >= 15 is 0 Å². The molecule has 0 unspecified atom stereocenters. The number of rotatable bonds is 4. The van der Waals surface area contributed by atoms with Crippen LogP contribution < -0.4 is 5.32 Å². The Labute approximate surface area is 99.3 Å². The van der Waals surface area contributed by atoms with E-state index in [2.05, 4.69) is 20.5 Å². The Balaban J connectivity index is 1.87. The van der Waals surface area contributed by atoms with E-state index in [0.717, 1.165) is 17.0 Å². The van der Waals surface area contributed by atoms with Gasteiger partial charge in [0, 0.05) is 12.4 Å². The molecule has 0 bridgehead atoms. The molecule has 0 spiro atoms. The van der Waals surface area contributed by atoms with E-state index in [1.807, 2.05) is 25.1 Å². The van der Waals surface area contributed by atoms with E-state index in [-0.39, 0.29) is 5.91 Å². The van der Waals surface area contributed by atoms with Crippen LogP contribution in [0.1, 0.15) is 17.0 Å². The Morgan fingerprint density at radius 1 is 1.41 bits per heavy atom. The molecule has 0 radical (unpaired) electrons. The molecule has 17 heavy (non-hydrogen) atoms. The first kappa shape index (κ1) is 11.3. The van der Waals surface area contributed by atoms with Crippen LogP contribution in [-0.2, 0) is 17.8 Å². The second kappa shape index (κ2) is 5.25. The number of H-pyrrole nitrogens is 1. The van der Waals surface area contributed by atoms with Gasteiger partial charge in [0.05, 0.1) is 24.4 Å². The number of nitrogens with zero attached hydrogens (tertiary/aromatic N) is 2. The molecule has 0 saturated carbocycles. The molecule has 5 nitrogen and oxygen atoms in total. The van der Waals surface area contributed by atoms with Gasteiger partial charge >= 0.3 is 0 Å². The number of aromatic nitrogens is 3. The second-order valence-electron chi connectivity index (χ2n) is 3.80. The third-order valence-corrected chi connectivity index (χ3v) is 2.48. The Kier molecular flexibility index (Phi) is 3.49. The van der Waals surface area contributed by atoms with Crippen LogP contribution >= 0.6 is 0 Å². The van der Waals surface area contributed by atoms with E-state index in [0.29, 0.717) is 13.0 Å². The van der Waals surface area contributed by atoms with Gasteiger partial charge in [0.2, 0.25) is 5.91 Å². The highest BCUT2D eigenvalue weighted by molar-refractivity contribution is 5.78. The van der Waals surface area contributed by atoms with Crippen molar-refractivity contribution in [1.82, 2.24) is 20.5 Å². The van der Waals surface area contributed by atoms with Crippen LogP contribution in [0.4, 0.5) is 0 Å². The number of amides is 1. The Morgan fingerprint density at radius 3 is 3.00 bits per heavy atom. The number of pyridine rings is 1. The number of aryl methyl sites for hydroxylation is 1. The van der Waals surface area contributed by atoms with Crippen LogP contribution in [0.15, 0.2) is 30.6 Å². The fraction of sp³-hybridized carbons (Fsp3) is 0.250. The van der Waals surface area contributed by atoms with Crippen LogP contribution in [0.5, 0.6) is 0 Å². The largest absolute Gasteiger partial charge is 0.350 e. The second-order valence-corrected chi connectivity index (χ2v) is 3.80. The standard InChI is InChI=1S/C12H14N4O/c1-9-3-2-5-13-11(9)7-12(17)14-8-10-4-6-15-16-10/h2-6H,7-8H2,1H3,(H,14,17)(H,15,16).